The Morgan fingerprint density at radius 2 is 2.22 bits per heavy atom. The molecule has 0 saturated heterocycles. The van der Waals surface area contributed by atoms with Crippen molar-refractivity contribution >= 4 is 11.8 Å². The van der Waals surface area contributed by atoms with Crippen LogP contribution in [0.25, 0.3) is 0 Å². The Bertz CT molecular complexity index is 46.3. The molecule has 0 aromatic carbocycles. The number of nitrogens with one attached hydrogen (secondary N) is 1. The summed E-state index contributed by atoms with van der Waals surface area (Å²) in [6.45, 7) is 4.14. The van der Waals surface area contributed by atoms with Crippen molar-refractivity contribution in [2.45, 2.75) is 6.92 Å². The number of hydrogen-bond acceptors (Lipinski definition) is 3. The van der Waals surface area contributed by atoms with Gasteiger partial charge < -0.3 is 10.4 Å². The standard InChI is InChI=1S/C6H15NOS/c1-2-9-6-4-7-3-5-8/h7-8H,2-6H2,1H3. The van der Waals surface area contributed by atoms with E-state index in [1.165, 1.54) is 5.75 Å². The number of aliphatic hydroxyl groups excluding tert-OH is 1. The summed E-state index contributed by atoms with van der Waals surface area (Å²) in [6.07, 6.45) is 0. The Labute approximate surface area is 61.0 Å². The minimum atomic E-state index is 0.247. The number of aliphatic hydroxyl groups is 1. The molecule has 0 aromatic rings. The number of hydrogen-bond donors (Lipinski definition) is 2. The van der Waals surface area contributed by atoms with Gasteiger partial charge in [-0.15, -0.1) is 0 Å². The third kappa shape index (κ3) is 8.27. The second-order valence-corrected chi connectivity index (χ2v) is 3.06. The predicted octanol–water partition coefficient (Wildman–Crippen LogP) is 0.321. The first kappa shape index (κ1) is 9.27. The van der Waals surface area contributed by atoms with Gasteiger partial charge in [0.1, 0.15) is 0 Å². The summed E-state index contributed by atoms with van der Waals surface area (Å²) in [7, 11) is 0. The number of rotatable bonds is 6. The van der Waals surface area contributed by atoms with Gasteiger partial charge in [0.2, 0.25) is 0 Å². The van der Waals surface area contributed by atoms with Gasteiger partial charge in [-0.2, -0.15) is 11.8 Å². The summed E-state index contributed by atoms with van der Waals surface area (Å²) in [4.78, 5) is 0. The molecule has 0 saturated carbocycles. The molecule has 0 aliphatic carbocycles. The van der Waals surface area contributed by atoms with Gasteiger partial charge in [-0.3, -0.25) is 0 Å². The normalized spacial score (nSPS) is 10.0. The lowest BCUT2D eigenvalue weighted by Gasteiger charge is -1.99. The lowest BCUT2D eigenvalue weighted by atomic mass is 10.6. The Kier molecular flexibility index (Phi) is 8.52. The van der Waals surface area contributed by atoms with E-state index in [1.54, 1.807) is 0 Å². The Morgan fingerprint density at radius 3 is 2.78 bits per heavy atom. The molecule has 0 atom stereocenters. The van der Waals surface area contributed by atoms with Crippen molar-refractivity contribution in [1.29, 1.82) is 0 Å². The minimum Gasteiger partial charge on any atom is -0.395 e. The summed E-state index contributed by atoms with van der Waals surface area (Å²) in [5.41, 5.74) is 0. The van der Waals surface area contributed by atoms with Gasteiger partial charge in [0, 0.05) is 18.8 Å². The maximum atomic E-state index is 8.35. The molecule has 0 radical (unpaired) electrons. The highest BCUT2D eigenvalue weighted by Crippen LogP contribution is 1.94. The molecule has 0 unspecified atom stereocenters. The monoisotopic (exact) mass is 149 g/mol. The fourth-order valence-electron chi connectivity index (χ4n) is 0.493. The molecule has 0 aliphatic rings. The first-order valence-corrected chi connectivity index (χ1v) is 4.46. The van der Waals surface area contributed by atoms with Gasteiger partial charge in [-0.1, -0.05) is 6.92 Å². The second-order valence-electron chi connectivity index (χ2n) is 1.67. The quantitative estimate of drug-likeness (QED) is 0.534. The second kappa shape index (κ2) is 8.27. The molecule has 0 aliphatic heterocycles. The molecule has 0 amide bonds. The molecule has 0 aromatic heterocycles. The summed E-state index contributed by atoms with van der Waals surface area (Å²) >= 11 is 1.91. The van der Waals surface area contributed by atoms with Crippen LogP contribution in [-0.4, -0.2) is 36.3 Å². The molecule has 9 heavy (non-hydrogen) atoms. The van der Waals surface area contributed by atoms with Gasteiger partial charge in [-0.05, 0) is 5.75 Å². The lowest BCUT2D eigenvalue weighted by molar-refractivity contribution is 0.294. The fraction of sp³-hybridized carbons (Fsp3) is 1.00. The molecular weight excluding hydrogens is 134 g/mol. The van der Waals surface area contributed by atoms with Crippen LogP contribution in [0.1, 0.15) is 6.92 Å². The van der Waals surface area contributed by atoms with E-state index in [0.717, 1.165) is 18.8 Å². The molecular formula is C6H15NOS. The van der Waals surface area contributed by atoms with E-state index in [1.807, 2.05) is 11.8 Å². The third-order valence-electron chi connectivity index (χ3n) is 0.916. The largest absolute Gasteiger partial charge is 0.395 e. The molecule has 0 fully saturated rings. The molecule has 0 rings (SSSR count). The summed E-state index contributed by atoms with van der Waals surface area (Å²) in [6, 6.07) is 0. The zero-order valence-electron chi connectivity index (χ0n) is 5.89. The van der Waals surface area contributed by atoms with Crippen LogP contribution in [0.15, 0.2) is 0 Å². The first-order chi connectivity index (χ1) is 4.41. The molecule has 0 heterocycles. The molecule has 0 bridgehead atoms. The minimum absolute atomic E-state index is 0.247. The maximum absolute atomic E-state index is 8.35. The van der Waals surface area contributed by atoms with E-state index in [2.05, 4.69) is 12.2 Å². The van der Waals surface area contributed by atoms with E-state index >= 15 is 0 Å². The van der Waals surface area contributed by atoms with Crippen LogP contribution in [0.3, 0.4) is 0 Å². The van der Waals surface area contributed by atoms with E-state index in [-0.39, 0.29) is 6.61 Å². The van der Waals surface area contributed by atoms with Gasteiger partial charge in [0.25, 0.3) is 0 Å². The van der Waals surface area contributed by atoms with Crippen LogP contribution in [0.4, 0.5) is 0 Å². The average Bonchev–Trinajstić information content (AvgIpc) is 1.89. The van der Waals surface area contributed by atoms with Gasteiger partial charge in [-0.25, -0.2) is 0 Å². The van der Waals surface area contributed by atoms with Crippen LogP contribution in [0.2, 0.25) is 0 Å². The zero-order chi connectivity index (χ0) is 6.95. The smallest absolute Gasteiger partial charge is 0.0555 e. The van der Waals surface area contributed by atoms with Crippen molar-refractivity contribution in [2.75, 3.05) is 31.2 Å². The van der Waals surface area contributed by atoms with Gasteiger partial charge in [0.15, 0.2) is 0 Å². The molecule has 2 nitrogen and oxygen atoms in total. The zero-order valence-corrected chi connectivity index (χ0v) is 6.71. The van der Waals surface area contributed by atoms with Crippen molar-refractivity contribution < 1.29 is 5.11 Å². The number of thioether (sulfide) groups is 1. The highest BCUT2D eigenvalue weighted by atomic mass is 32.2. The van der Waals surface area contributed by atoms with Crippen molar-refractivity contribution in [2.24, 2.45) is 0 Å². The third-order valence-corrected chi connectivity index (χ3v) is 1.82. The van der Waals surface area contributed by atoms with Crippen molar-refractivity contribution in [1.82, 2.24) is 5.32 Å². The predicted molar refractivity (Wildman–Crippen MR) is 43.0 cm³/mol. The topological polar surface area (TPSA) is 32.3 Å². The van der Waals surface area contributed by atoms with Crippen LogP contribution in [0.5, 0.6) is 0 Å². The van der Waals surface area contributed by atoms with Crippen molar-refractivity contribution in [3.05, 3.63) is 0 Å². The molecule has 2 N–H and O–H groups in total. The van der Waals surface area contributed by atoms with Crippen LogP contribution < -0.4 is 5.32 Å². The fourth-order valence-corrected chi connectivity index (χ4v) is 1.07. The van der Waals surface area contributed by atoms with E-state index < -0.39 is 0 Å². The maximum Gasteiger partial charge on any atom is 0.0555 e. The van der Waals surface area contributed by atoms with E-state index in [0.29, 0.717) is 0 Å². The lowest BCUT2D eigenvalue weighted by Crippen LogP contribution is -2.20. The van der Waals surface area contributed by atoms with Gasteiger partial charge in [0.05, 0.1) is 6.61 Å². The van der Waals surface area contributed by atoms with E-state index in [4.69, 9.17) is 5.11 Å². The van der Waals surface area contributed by atoms with Crippen LogP contribution in [-0.2, 0) is 0 Å². The van der Waals surface area contributed by atoms with Crippen LogP contribution >= 0.6 is 11.8 Å². The summed E-state index contributed by atoms with van der Waals surface area (Å²) < 4.78 is 0. The van der Waals surface area contributed by atoms with Gasteiger partial charge >= 0.3 is 0 Å². The summed E-state index contributed by atoms with van der Waals surface area (Å²) in [5, 5.41) is 11.5. The summed E-state index contributed by atoms with van der Waals surface area (Å²) in [5.74, 6) is 2.33. The van der Waals surface area contributed by atoms with Crippen molar-refractivity contribution in [3.8, 4) is 0 Å². The van der Waals surface area contributed by atoms with Crippen LogP contribution in [0, 0.1) is 0 Å². The van der Waals surface area contributed by atoms with Crippen molar-refractivity contribution in [3.63, 3.8) is 0 Å². The Balaban J connectivity index is 2.60. The molecule has 56 valence electrons. The highest BCUT2D eigenvalue weighted by Gasteiger charge is 1.84. The Morgan fingerprint density at radius 1 is 1.44 bits per heavy atom. The first-order valence-electron chi connectivity index (χ1n) is 3.31. The molecule has 0 spiro atoms. The molecule has 3 heteroatoms. The highest BCUT2D eigenvalue weighted by molar-refractivity contribution is 7.99. The SMILES string of the molecule is CCSCCNCCO. The average molecular weight is 149 g/mol. The van der Waals surface area contributed by atoms with E-state index in [9.17, 15) is 0 Å². The Hall–Kier alpha value is 0.270.